The van der Waals surface area contributed by atoms with E-state index in [-0.39, 0.29) is 0 Å². The van der Waals surface area contributed by atoms with Crippen LogP contribution in [-0.4, -0.2) is 44.3 Å². The van der Waals surface area contributed by atoms with Crippen molar-refractivity contribution in [3.63, 3.8) is 0 Å². The number of likely N-dealkylation sites (tertiary alicyclic amines) is 1. The molecule has 0 aromatic carbocycles. The molecule has 2 fully saturated rings. The van der Waals surface area contributed by atoms with Crippen LogP contribution in [0.5, 0.6) is 0 Å². The van der Waals surface area contributed by atoms with Gasteiger partial charge in [0.05, 0.1) is 6.61 Å². The first kappa shape index (κ1) is 13.3. The second-order valence-corrected chi connectivity index (χ2v) is 5.93. The van der Waals surface area contributed by atoms with Crippen LogP contribution in [0, 0.1) is 11.8 Å². The van der Waals surface area contributed by atoms with E-state index in [9.17, 15) is 0 Å². The lowest BCUT2D eigenvalue weighted by molar-refractivity contribution is 0.0758. The van der Waals surface area contributed by atoms with E-state index in [0.717, 1.165) is 18.4 Å². The zero-order valence-corrected chi connectivity index (χ0v) is 11.2. The Hall–Kier alpha value is -0.120. The minimum absolute atomic E-state index is 0.451. The Morgan fingerprint density at radius 3 is 2.76 bits per heavy atom. The van der Waals surface area contributed by atoms with Crippen molar-refractivity contribution in [2.75, 3.05) is 33.4 Å². The Labute approximate surface area is 106 Å². The zero-order valence-electron chi connectivity index (χ0n) is 11.2. The normalized spacial score (nSPS) is 36.0. The molecule has 2 rings (SSSR count). The van der Waals surface area contributed by atoms with E-state index >= 15 is 0 Å². The molecule has 100 valence electrons. The summed E-state index contributed by atoms with van der Waals surface area (Å²) < 4.78 is 5.29. The molecular weight excluding hydrogens is 212 g/mol. The smallest absolute Gasteiger partial charge is 0.0502 e. The van der Waals surface area contributed by atoms with Gasteiger partial charge in [-0.05, 0) is 44.1 Å². The van der Waals surface area contributed by atoms with E-state index in [1.807, 2.05) is 7.11 Å². The predicted octanol–water partition coefficient (Wildman–Crippen LogP) is 1.86. The minimum atomic E-state index is 0.451. The summed E-state index contributed by atoms with van der Waals surface area (Å²) in [6.07, 6.45) is 7.96. The number of ether oxygens (including phenoxy) is 1. The van der Waals surface area contributed by atoms with Crippen LogP contribution in [0.3, 0.4) is 0 Å². The average Bonchev–Trinajstić information content (AvgIpc) is 2.33. The summed E-state index contributed by atoms with van der Waals surface area (Å²) in [4.78, 5) is 2.63. The first-order valence-corrected chi connectivity index (χ1v) is 7.26. The Morgan fingerprint density at radius 2 is 2.00 bits per heavy atom. The summed E-state index contributed by atoms with van der Waals surface area (Å²) in [6.45, 7) is 4.63. The van der Waals surface area contributed by atoms with Gasteiger partial charge >= 0.3 is 0 Å². The fourth-order valence-corrected chi connectivity index (χ4v) is 3.48. The van der Waals surface area contributed by atoms with Crippen LogP contribution in [0.25, 0.3) is 0 Å². The summed E-state index contributed by atoms with van der Waals surface area (Å²) in [5, 5.41) is 0. The predicted molar refractivity (Wildman–Crippen MR) is 71.0 cm³/mol. The van der Waals surface area contributed by atoms with E-state index < -0.39 is 0 Å². The molecule has 3 nitrogen and oxygen atoms in total. The van der Waals surface area contributed by atoms with Crippen LogP contribution in [-0.2, 0) is 4.74 Å². The van der Waals surface area contributed by atoms with Crippen molar-refractivity contribution in [2.45, 2.75) is 44.6 Å². The molecule has 1 saturated heterocycles. The highest BCUT2D eigenvalue weighted by molar-refractivity contribution is 4.82. The van der Waals surface area contributed by atoms with Crippen LogP contribution < -0.4 is 5.73 Å². The molecule has 0 aromatic heterocycles. The second-order valence-electron chi connectivity index (χ2n) is 5.93. The average molecular weight is 240 g/mol. The van der Waals surface area contributed by atoms with Crippen LogP contribution in [0.1, 0.15) is 38.5 Å². The number of hydrogen-bond acceptors (Lipinski definition) is 3. The summed E-state index contributed by atoms with van der Waals surface area (Å²) in [5.74, 6) is 1.48. The maximum atomic E-state index is 6.24. The quantitative estimate of drug-likeness (QED) is 0.815. The van der Waals surface area contributed by atoms with E-state index in [4.69, 9.17) is 10.5 Å². The molecule has 0 spiro atoms. The number of methoxy groups -OCH3 is 1. The van der Waals surface area contributed by atoms with Gasteiger partial charge in [-0.25, -0.2) is 0 Å². The van der Waals surface area contributed by atoms with Crippen molar-refractivity contribution in [1.82, 2.24) is 4.90 Å². The van der Waals surface area contributed by atoms with Gasteiger partial charge < -0.3 is 15.4 Å². The Morgan fingerprint density at radius 1 is 1.18 bits per heavy atom. The van der Waals surface area contributed by atoms with Gasteiger partial charge in [0.15, 0.2) is 0 Å². The molecule has 0 amide bonds. The highest BCUT2D eigenvalue weighted by Gasteiger charge is 2.26. The molecule has 1 saturated carbocycles. The number of hydrogen-bond donors (Lipinski definition) is 1. The summed E-state index contributed by atoms with van der Waals surface area (Å²) in [5.41, 5.74) is 6.24. The van der Waals surface area contributed by atoms with Crippen molar-refractivity contribution >= 4 is 0 Å². The van der Waals surface area contributed by atoms with Crippen molar-refractivity contribution < 1.29 is 4.74 Å². The first-order chi connectivity index (χ1) is 8.29. The van der Waals surface area contributed by atoms with E-state index in [1.165, 1.54) is 58.2 Å². The molecule has 0 aromatic rings. The third kappa shape index (κ3) is 3.94. The van der Waals surface area contributed by atoms with Crippen molar-refractivity contribution in [1.29, 1.82) is 0 Å². The maximum absolute atomic E-state index is 6.24. The Bertz CT molecular complexity index is 220. The largest absolute Gasteiger partial charge is 0.384 e. The minimum Gasteiger partial charge on any atom is -0.384 e. The molecule has 1 aliphatic carbocycles. The van der Waals surface area contributed by atoms with Gasteiger partial charge in [-0.15, -0.1) is 0 Å². The third-order valence-corrected chi connectivity index (χ3v) is 4.47. The molecule has 3 atom stereocenters. The van der Waals surface area contributed by atoms with Crippen LogP contribution in [0.15, 0.2) is 0 Å². The second kappa shape index (κ2) is 6.72. The monoisotopic (exact) mass is 240 g/mol. The van der Waals surface area contributed by atoms with Crippen molar-refractivity contribution in [3.05, 3.63) is 0 Å². The topological polar surface area (TPSA) is 38.5 Å². The van der Waals surface area contributed by atoms with Gasteiger partial charge in [-0.2, -0.15) is 0 Å². The van der Waals surface area contributed by atoms with E-state index in [0.29, 0.717) is 6.04 Å². The third-order valence-electron chi connectivity index (χ3n) is 4.47. The SMILES string of the molecule is COCC1CCCN(C[C@@H]2CCCC[C@H]2N)C1. The van der Waals surface area contributed by atoms with Crippen molar-refractivity contribution in [3.8, 4) is 0 Å². The van der Waals surface area contributed by atoms with Crippen LogP contribution in [0.4, 0.5) is 0 Å². The van der Waals surface area contributed by atoms with Gasteiger partial charge in [0.2, 0.25) is 0 Å². The molecule has 1 heterocycles. The molecule has 2 aliphatic rings. The molecule has 1 aliphatic heterocycles. The van der Waals surface area contributed by atoms with Gasteiger partial charge in [-0.3, -0.25) is 0 Å². The highest BCUT2D eigenvalue weighted by atomic mass is 16.5. The Balaban J connectivity index is 1.77. The maximum Gasteiger partial charge on any atom is 0.0502 e. The lowest BCUT2D eigenvalue weighted by Crippen LogP contribution is -2.45. The van der Waals surface area contributed by atoms with Gasteiger partial charge in [0, 0.05) is 26.2 Å². The van der Waals surface area contributed by atoms with Gasteiger partial charge in [0.1, 0.15) is 0 Å². The molecule has 17 heavy (non-hydrogen) atoms. The fourth-order valence-electron chi connectivity index (χ4n) is 3.48. The lowest BCUT2D eigenvalue weighted by Gasteiger charge is -2.37. The van der Waals surface area contributed by atoms with Gasteiger partial charge in [0.25, 0.3) is 0 Å². The number of rotatable bonds is 4. The summed E-state index contributed by atoms with van der Waals surface area (Å²) in [6, 6.07) is 0.451. The molecule has 1 unspecified atom stereocenters. The highest BCUT2D eigenvalue weighted by Crippen LogP contribution is 2.26. The number of piperidine rings is 1. The molecular formula is C14H28N2O. The zero-order chi connectivity index (χ0) is 12.1. The number of nitrogens with two attached hydrogens (primary N) is 1. The van der Waals surface area contributed by atoms with E-state index in [2.05, 4.69) is 4.90 Å². The lowest BCUT2D eigenvalue weighted by atomic mass is 9.84. The molecule has 0 bridgehead atoms. The molecule has 3 heteroatoms. The standard InChI is InChI=1S/C14H28N2O/c1-17-11-12-5-4-8-16(9-12)10-13-6-2-3-7-14(13)15/h12-14H,2-11,15H2,1H3/t12?,13-,14+/m0/s1. The molecule has 2 N–H and O–H groups in total. The first-order valence-electron chi connectivity index (χ1n) is 7.26. The molecule has 0 radical (unpaired) electrons. The van der Waals surface area contributed by atoms with Crippen LogP contribution in [0.2, 0.25) is 0 Å². The fraction of sp³-hybridized carbons (Fsp3) is 1.00. The van der Waals surface area contributed by atoms with Crippen LogP contribution >= 0.6 is 0 Å². The summed E-state index contributed by atoms with van der Waals surface area (Å²) in [7, 11) is 1.82. The van der Waals surface area contributed by atoms with E-state index in [1.54, 1.807) is 0 Å². The number of nitrogens with zero attached hydrogens (tertiary/aromatic N) is 1. The summed E-state index contributed by atoms with van der Waals surface area (Å²) >= 11 is 0. The Kier molecular flexibility index (Phi) is 5.26. The van der Waals surface area contributed by atoms with Crippen molar-refractivity contribution in [2.24, 2.45) is 17.6 Å². The van der Waals surface area contributed by atoms with Gasteiger partial charge in [-0.1, -0.05) is 12.8 Å².